The summed E-state index contributed by atoms with van der Waals surface area (Å²) in [5.74, 6) is 2.67. The van der Waals surface area contributed by atoms with E-state index in [9.17, 15) is 4.79 Å². The summed E-state index contributed by atoms with van der Waals surface area (Å²) in [6.07, 6.45) is 7.53. The van der Waals surface area contributed by atoms with E-state index in [0.29, 0.717) is 24.9 Å². The van der Waals surface area contributed by atoms with Crippen LogP contribution >= 0.6 is 0 Å². The number of carbonyl (C=O) groups excluding carboxylic acids is 1. The summed E-state index contributed by atoms with van der Waals surface area (Å²) in [6, 6.07) is 12.6. The largest absolute Gasteiger partial charge is 0.492 e. The zero-order valence-electron chi connectivity index (χ0n) is 22.8. The number of imidazole rings is 1. The van der Waals surface area contributed by atoms with Crippen LogP contribution in [0, 0.1) is 12.8 Å². The monoisotopic (exact) mass is 524 g/mol. The molecule has 4 aromatic rings. The number of hydrogen-bond donors (Lipinski definition) is 1. The van der Waals surface area contributed by atoms with Crippen LogP contribution in [0.5, 0.6) is 5.75 Å². The number of aromatic amines is 1. The van der Waals surface area contributed by atoms with Crippen molar-refractivity contribution in [1.29, 1.82) is 0 Å². The number of H-pyrrole nitrogens is 1. The van der Waals surface area contributed by atoms with E-state index in [-0.39, 0.29) is 0 Å². The van der Waals surface area contributed by atoms with Crippen molar-refractivity contribution in [3.63, 3.8) is 0 Å². The Kier molecular flexibility index (Phi) is 7.28. The molecule has 8 nitrogen and oxygen atoms in total. The fourth-order valence-electron chi connectivity index (χ4n) is 5.36. The molecule has 2 aliphatic rings. The normalized spacial score (nSPS) is 16.1. The Labute approximate surface area is 229 Å². The number of nitrogens with zero attached hydrogens (tertiary/aromatic N) is 5. The highest BCUT2D eigenvalue weighted by molar-refractivity contribution is 5.83. The Balaban J connectivity index is 1.11. The van der Waals surface area contributed by atoms with Gasteiger partial charge in [0.2, 0.25) is 5.91 Å². The Bertz CT molecular complexity index is 1470. The molecule has 1 saturated carbocycles. The molecule has 4 heterocycles. The van der Waals surface area contributed by atoms with Gasteiger partial charge in [-0.2, -0.15) is 0 Å². The number of aryl methyl sites for hydroxylation is 1. The first kappa shape index (κ1) is 25.5. The maximum atomic E-state index is 12.4. The number of rotatable bonds is 9. The molecule has 0 unspecified atom stereocenters. The number of piperazine rings is 1. The third kappa shape index (κ3) is 6.11. The van der Waals surface area contributed by atoms with Crippen LogP contribution in [0.2, 0.25) is 0 Å². The standard InChI is InChI=1S/C31H36N6O2/c1-3-39-29-19-33-21(2)14-26(29)24-6-7-27-28(17-24)35-30(34-27)18-25-15-23(8-9-32-25)20-36-10-12-37(13-11-36)31(38)16-22-4-5-22/h6-9,14-15,17,19,22H,3-5,10-13,16,18,20H2,1-2H3,(H,34,35). The van der Waals surface area contributed by atoms with Gasteiger partial charge in [-0.1, -0.05) is 6.07 Å². The number of benzene rings is 1. The summed E-state index contributed by atoms with van der Waals surface area (Å²) >= 11 is 0. The number of fused-ring (bicyclic) bond motifs is 1. The van der Waals surface area contributed by atoms with E-state index < -0.39 is 0 Å². The lowest BCUT2D eigenvalue weighted by Gasteiger charge is -2.35. The lowest BCUT2D eigenvalue weighted by molar-refractivity contribution is -0.133. The van der Waals surface area contributed by atoms with Gasteiger partial charge in [0.25, 0.3) is 0 Å². The summed E-state index contributed by atoms with van der Waals surface area (Å²) in [4.78, 5) is 34.2. The molecule has 1 aliphatic heterocycles. The highest BCUT2D eigenvalue weighted by Gasteiger charge is 2.28. The van der Waals surface area contributed by atoms with Gasteiger partial charge in [0.15, 0.2) is 0 Å². The first-order valence-electron chi connectivity index (χ1n) is 14.1. The number of aromatic nitrogens is 4. The van der Waals surface area contributed by atoms with Crippen molar-refractivity contribution in [2.75, 3.05) is 32.8 Å². The predicted octanol–water partition coefficient (Wildman–Crippen LogP) is 4.76. The first-order valence-corrected chi connectivity index (χ1v) is 14.1. The number of pyridine rings is 2. The maximum Gasteiger partial charge on any atom is 0.222 e. The van der Waals surface area contributed by atoms with Crippen molar-refractivity contribution in [3.8, 4) is 16.9 Å². The SMILES string of the molecule is CCOc1cnc(C)cc1-c1ccc2nc(Cc3cc(CN4CCN(C(=O)CC5CC5)CC4)ccn3)[nH]c2c1. The molecule has 3 aromatic heterocycles. The fourth-order valence-corrected chi connectivity index (χ4v) is 5.36. The van der Waals surface area contributed by atoms with Crippen LogP contribution < -0.4 is 4.74 Å². The molecule has 0 radical (unpaired) electrons. The minimum Gasteiger partial charge on any atom is -0.492 e. The zero-order valence-corrected chi connectivity index (χ0v) is 22.8. The smallest absolute Gasteiger partial charge is 0.222 e. The van der Waals surface area contributed by atoms with Crippen molar-refractivity contribution in [3.05, 3.63) is 71.6 Å². The van der Waals surface area contributed by atoms with Crippen molar-refractivity contribution < 1.29 is 9.53 Å². The molecule has 0 atom stereocenters. The van der Waals surface area contributed by atoms with Gasteiger partial charge in [0.1, 0.15) is 11.6 Å². The fraction of sp³-hybridized carbons (Fsp3) is 0.419. The molecule has 1 saturated heterocycles. The van der Waals surface area contributed by atoms with E-state index in [1.54, 1.807) is 6.20 Å². The molecular formula is C31H36N6O2. The van der Waals surface area contributed by atoms with Gasteiger partial charge in [0, 0.05) is 68.7 Å². The van der Waals surface area contributed by atoms with Crippen molar-refractivity contribution in [2.45, 2.75) is 46.1 Å². The summed E-state index contributed by atoms with van der Waals surface area (Å²) < 4.78 is 5.82. The van der Waals surface area contributed by atoms with Gasteiger partial charge < -0.3 is 14.6 Å². The highest BCUT2D eigenvalue weighted by atomic mass is 16.5. The van der Waals surface area contributed by atoms with E-state index in [2.05, 4.69) is 56.3 Å². The second kappa shape index (κ2) is 11.1. The van der Waals surface area contributed by atoms with Gasteiger partial charge in [-0.15, -0.1) is 0 Å². The molecule has 202 valence electrons. The summed E-state index contributed by atoms with van der Waals surface area (Å²) in [5, 5.41) is 0. The van der Waals surface area contributed by atoms with Crippen LogP contribution in [0.4, 0.5) is 0 Å². The van der Waals surface area contributed by atoms with Crippen molar-refractivity contribution in [1.82, 2.24) is 29.7 Å². The quantitative estimate of drug-likeness (QED) is 0.340. The molecule has 39 heavy (non-hydrogen) atoms. The van der Waals surface area contributed by atoms with Crippen LogP contribution in [-0.2, 0) is 17.8 Å². The zero-order chi connectivity index (χ0) is 26.8. The number of carbonyl (C=O) groups is 1. The van der Waals surface area contributed by atoms with E-state index in [4.69, 9.17) is 9.72 Å². The van der Waals surface area contributed by atoms with Gasteiger partial charge in [-0.25, -0.2) is 4.98 Å². The van der Waals surface area contributed by atoms with Crippen molar-refractivity contribution >= 4 is 16.9 Å². The first-order chi connectivity index (χ1) is 19.0. The molecule has 1 amide bonds. The Morgan fingerprint density at radius 1 is 1.08 bits per heavy atom. The Hall–Kier alpha value is -3.78. The summed E-state index contributed by atoms with van der Waals surface area (Å²) in [7, 11) is 0. The Morgan fingerprint density at radius 3 is 2.72 bits per heavy atom. The minimum atomic E-state index is 0.340. The third-order valence-corrected chi connectivity index (χ3v) is 7.67. The van der Waals surface area contributed by atoms with E-state index >= 15 is 0 Å². The van der Waals surface area contributed by atoms with Crippen LogP contribution in [0.1, 0.15) is 49.0 Å². The molecule has 8 heteroatoms. The van der Waals surface area contributed by atoms with Gasteiger partial charge in [0.05, 0.1) is 23.8 Å². The maximum absolute atomic E-state index is 12.4. The topological polar surface area (TPSA) is 87.2 Å². The number of ether oxygens (including phenoxy) is 1. The number of amides is 1. The average molecular weight is 525 g/mol. The minimum absolute atomic E-state index is 0.340. The van der Waals surface area contributed by atoms with Gasteiger partial charge in [-0.3, -0.25) is 19.7 Å². The van der Waals surface area contributed by atoms with Gasteiger partial charge >= 0.3 is 0 Å². The van der Waals surface area contributed by atoms with Crippen LogP contribution in [-0.4, -0.2) is 68.4 Å². The van der Waals surface area contributed by atoms with Crippen molar-refractivity contribution in [2.24, 2.45) is 5.92 Å². The lowest BCUT2D eigenvalue weighted by Crippen LogP contribution is -2.48. The molecule has 2 fully saturated rings. The molecule has 1 aromatic carbocycles. The number of hydrogen-bond acceptors (Lipinski definition) is 6. The van der Waals surface area contributed by atoms with Crippen LogP contribution in [0.25, 0.3) is 22.2 Å². The highest BCUT2D eigenvalue weighted by Crippen LogP contribution is 2.33. The lowest BCUT2D eigenvalue weighted by atomic mass is 10.0. The summed E-state index contributed by atoms with van der Waals surface area (Å²) in [5.41, 5.74) is 7.22. The third-order valence-electron chi connectivity index (χ3n) is 7.67. The van der Waals surface area contributed by atoms with Crippen LogP contribution in [0.15, 0.2) is 48.8 Å². The molecule has 0 bridgehead atoms. The van der Waals surface area contributed by atoms with Crippen LogP contribution in [0.3, 0.4) is 0 Å². The molecule has 1 N–H and O–H groups in total. The number of nitrogens with one attached hydrogen (secondary N) is 1. The van der Waals surface area contributed by atoms with Gasteiger partial charge in [-0.05, 0) is 74.1 Å². The predicted molar refractivity (Wildman–Crippen MR) is 151 cm³/mol. The van der Waals surface area contributed by atoms with E-state index in [0.717, 1.165) is 84.3 Å². The average Bonchev–Trinajstić information content (AvgIpc) is 3.66. The molecular weight excluding hydrogens is 488 g/mol. The molecule has 0 spiro atoms. The molecule has 1 aliphatic carbocycles. The second-order valence-electron chi connectivity index (χ2n) is 10.8. The van der Waals surface area contributed by atoms with E-state index in [1.807, 2.05) is 24.9 Å². The molecule has 6 rings (SSSR count). The second-order valence-corrected chi connectivity index (χ2v) is 10.8. The van der Waals surface area contributed by atoms with E-state index in [1.165, 1.54) is 18.4 Å². The summed E-state index contributed by atoms with van der Waals surface area (Å²) in [6.45, 7) is 8.93. The Morgan fingerprint density at radius 2 is 1.92 bits per heavy atom.